The summed E-state index contributed by atoms with van der Waals surface area (Å²) in [6.07, 6.45) is 5.72. The summed E-state index contributed by atoms with van der Waals surface area (Å²) in [5.74, 6) is 2.56. The Kier molecular flexibility index (Phi) is 8.60. The first-order valence-corrected chi connectivity index (χ1v) is 13.0. The highest BCUT2D eigenvalue weighted by atomic mass is 16.5. The fraction of sp³-hybridized carbons (Fsp3) is 0.438. The minimum absolute atomic E-state index is 0.135. The van der Waals surface area contributed by atoms with E-state index < -0.39 is 0 Å². The van der Waals surface area contributed by atoms with E-state index in [1.165, 1.54) is 24.8 Å². The van der Waals surface area contributed by atoms with Crippen molar-refractivity contribution in [2.75, 3.05) is 0 Å². The molecular formula is C32H42O4. The lowest BCUT2D eigenvalue weighted by Crippen LogP contribution is -2.11. The summed E-state index contributed by atoms with van der Waals surface area (Å²) < 4.78 is 12.6. The summed E-state index contributed by atoms with van der Waals surface area (Å²) in [5.41, 5.74) is 2.87. The molecular weight excluding hydrogens is 448 g/mol. The molecule has 0 fully saturated rings. The fourth-order valence-electron chi connectivity index (χ4n) is 4.03. The molecule has 0 spiro atoms. The normalized spacial score (nSPS) is 12.0. The second kappa shape index (κ2) is 11.3. The molecule has 0 bridgehead atoms. The molecule has 0 saturated carbocycles. The monoisotopic (exact) mass is 490 g/mol. The number of ether oxygens (including phenoxy) is 2. The van der Waals surface area contributed by atoms with Gasteiger partial charge < -0.3 is 19.7 Å². The predicted octanol–water partition coefficient (Wildman–Crippen LogP) is 9.40. The van der Waals surface area contributed by atoms with Crippen molar-refractivity contribution in [2.24, 2.45) is 0 Å². The molecule has 0 heterocycles. The molecule has 3 aromatic carbocycles. The van der Waals surface area contributed by atoms with Gasteiger partial charge >= 0.3 is 0 Å². The van der Waals surface area contributed by atoms with Crippen molar-refractivity contribution in [3.8, 4) is 34.5 Å². The van der Waals surface area contributed by atoms with Gasteiger partial charge in [-0.15, -0.1) is 0 Å². The maximum atomic E-state index is 10.4. The third-order valence-electron chi connectivity index (χ3n) is 6.30. The molecule has 0 aliphatic rings. The van der Waals surface area contributed by atoms with Gasteiger partial charge in [-0.3, -0.25) is 0 Å². The number of hydrogen-bond donors (Lipinski definition) is 2. The molecule has 4 nitrogen and oxygen atoms in total. The summed E-state index contributed by atoms with van der Waals surface area (Å²) in [6.45, 7) is 14.8. The number of aromatic hydroxyl groups is 2. The summed E-state index contributed by atoms with van der Waals surface area (Å²) in [7, 11) is 0. The lowest BCUT2D eigenvalue weighted by molar-refractivity contribution is 0.407. The molecule has 3 rings (SSSR count). The van der Waals surface area contributed by atoms with Gasteiger partial charge in [0.2, 0.25) is 0 Å². The molecule has 0 aliphatic heterocycles. The molecule has 4 heteroatoms. The highest BCUT2D eigenvalue weighted by molar-refractivity contribution is 5.51. The van der Waals surface area contributed by atoms with Crippen LogP contribution in [0.5, 0.6) is 34.5 Å². The third-order valence-corrected chi connectivity index (χ3v) is 6.30. The van der Waals surface area contributed by atoms with Gasteiger partial charge in [0.15, 0.2) is 11.5 Å². The van der Waals surface area contributed by atoms with Gasteiger partial charge in [0.1, 0.15) is 23.0 Å². The number of phenolic OH excluding ortho intramolecular Hbond substituents is 2. The second-order valence-electron chi connectivity index (χ2n) is 11.7. The van der Waals surface area contributed by atoms with Gasteiger partial charge in [0, 0.05) is 12.1 Å². The fourth-order valence-corrected chi connectivity index (χ4v) is 4.03. The zero-order valence-electron chi connectivity index (χ0n) is 22.9. The van der Waals surface area contributed by atoms with Crippen molar-refractivity contribution < 1.29 is 19.7 Å². The average Bonchev–Trinajstić information content (AvgIpc) is 2.76. The molecule has 0 saturated heterocycles. The highest BCUT2D eigenvalue weighted by Crippen LogP contribution is 2.40. The smallest absolute Gasteiger partial charge is 0.170 e. The highest BCUT2D eigenvalue weighted by Gasteiger charge is 2.19. The van der Waals surface area contributed by atoms with E-state index in [0.29, 0.717) is 23.0 Å². The van der Waals surface area contributed by atoms with E-state index in [9.17, 15) is 10.2 Å². The summed E-state index contributed by atoms with van der Waals surface area (Å²) in [4.78, 5) is 0. The number of benzene rings is 3. The van der Waals surface area contributed by atoms with Crippen molar-refractivity contribution in [3.05, 3.63) is 71.3 Å². The Morgan fingerprint density at radius 2 is 1.14 bits per heavy atom. The number of hydrogen-bond acceptors (Lipinski definition) is 4. The van der Waals surface area contributed by atoms with Crippen LogP contribution in [0.15, 0.2) is 54.6 Å². The van der Waals surface area contributed by atoms with Crippen LogP contribution in [0.3, 0.4) is 0 Å². The quantitative estimate of drug-likeness (QED) is 0.293. The lowest BCUT2D eigenvalue weighted by Gasteiger charge is -2.22. The van der Waals surface area contributed by atoms with Crippen LogP contribution in [0.2, 0.25) is 0 Å². The van der Waals surface area contributed by atoms with Crippen molar-refractivity contribution >= 4 is 0 Å². The first-order chi connectivity index (χ1) is 16.8. The van der Waals surface area contributed by atoms with Crippen molar-refractivity contribution in [3.63, 3.8) is 0 Å². The van der Waals surface area contributed by atoms with E-state index in [2.05, 4.69) is 54.5 Å². The summed E-state index contributed by atoms with van der Waals surface area (Å²) in [6, 6.07) is 16.7. The van der Waals surface area contributed by atoms with Crippen molar-refractivity contribution in [2.45, 2.75) is 91.4 Å². The van der Waals surface area contributed by atoms with Crippen molar-refractivity contribution in [1.82, 2.24) is 0 Å². The summed E-state index contributed by atoms with van der Waals surface area (Å²) in [5, 5.41) is 20.7. The van der Waals surface area contributed by atoms with Gasteiger partial charge in [-0.05, 0) is 76.8 Å². The van der Waals surface area contributed by atoms with E-state index >= 15 is 0 Å². The first-order valence-electron chi connectivity index (χ1n) is 13.0. The van der Waals surface area contributed by atoms with Crippen LogP contribution < -0.4 is 9.47 Å². The maximum absolute atomic E-state index is 10.4. The standard InChI is InChI=1S/C32H42O4/c1-8-9-10-11-12-22-13-14-29(35-27-18-23(31(2,3)4)16-25(33)20-27)30(15-22)36-28-19-24(32(5,6)7)17-26(34)21-28/h13-21,33-34H,8-12H2,1-7H3. The van der Waals surface area contributed by atoms with E-state index in [-0.39, 0.29) is 22.3 Å². The van der Waals surface area contributed by atoms with E-state index in [0.717, 1.165) is 24.0 Å². The lowest BCUT2D eigenvalue weighted by atomic mass is 9.87. The third kappa shape index (κ3) is 7.68. The molecule has 3 aromatic rings. The van der Waals surface area contributed by atoms with E-state index in [4.69, 9.17) is 9.47 Å². The molecule has 0 unspecified atom stereocenters. The molecule has 0 radical (unpaired) electrons. The van der Waals surface area contributed by atoms with E-state index in [1.807, 2.05) is 24.3 Å². The SMILES string of the molecule is CCCCCCc1ccc(Oc2cc(O)cc(C(C)(C)C)c2)c(Oc2cc(O)cc(C(C)(C)C)c2)c1. The topological polar surface area (TPSA) is 58.9 Å². The number of phenols is 2. The zero-order chi connectivity index (χ0) is 26.5. The Hall–Kier alpha value is -3.14. The Morgan fingerprint density at radius 3 is 1.64 bits per heavy atom. The van der Waals surface area contributed by atoms with Crippen LogP contribution in [-0.4, -0.2) is 10.2 Å². The maximum Gasteiger partial charge on any atom is 0.170 e. The Morgan fingerprint density at radius 1 is 0.611 bits per heavy atom. The Bertz CT molecular complexity index is 1170. The molecule has 2 N–H and O–H groups in total. The van der Waals surface area contributed by atoms with Gasteiger partial charge in [0.05, 0.1) is 0 Å². The molecule has 0 amide bonds. The minimum Gasteiger partial charge on any atom is -0.508 e. The van der Waals surface area contributed by atoms with Gasteiger partial charge in [-0.1, -0.05) is 73.8 Å². The molecule has 0 aromatic heterocycles. The predicted molar refractivity (Wildman–Crippen MR) is 148 cm³/mol. The summed E-state index contributed by atoms with van der Waals surface area (Å²) >= 11 is 0. The minimum atomic E-state index is -0.137. The molecule has 0 aliphatic carbocycles. The number of aryl methyl sites for hydroxylation is 1. The molecule has 0 atom stereocenters. The average molecular weight is 491 g/mol. The number of rotatable bonds is 9. The van der Waals surface area contributed by atoms with Crippen molar-refractivity contribution in [1.29, 1.82) is 0 Å². The largest absolute Gasteiger partial charge is 0.508 e. The van der Waals surface area contributed by atoms with Crippen LogP contribution in [0, 0.1) is 0 Å². The van der Waals surface area contributed by atoms with Crippen LogP contribution in [0.1, 0.15) is 90.8 Å². The molecule has 36 heavy (non-hydrogen) atoms. The van der Waals surface area contributed by atoms with Gasteiger partial charge in [-0.25, -0.2) is 0 Å². The van der Waals surface area contributed by atoms with Gasteiger partial charge in [0.25, 0.3) is 0 Å². The second-order valence-corrected chi connectivity index (χ2v) is 11.7. The first kappa shape index (κ1) is 27.4. The van der Waals surface area contributed by atoms with Crippen LogP contribution in [0.25, 0.3) is 0 Å². The Labute approximate surface area is 216 Å². The van der Waals surface area contributed by atoms with E-state index in [1.54, 1.807) is 24.3 Å². The van der Waals surface area contributed by atoms with Crippen LogP contribution >= 0.6 is 0 Å². The van der Waals surface area contributed by atoms with Gasteiger partial charge in [-0.2, -0.15) is 0 Å². The zero-order valence-corrected chi connectivity index (χ0v) is 22.9. The number of unbranched alkanes of at least 4 members (excludes halogenated alkanes) is 3. The Balaban J connectivity index is 1.98. The molecule has 194 valence electrons. The van der Waals surface area contributed by atoms with Crippen LogP contribution in [-0.2, 0) is 17.3 Å². The van der Waals surface area contributed by atoms with Crippen LogP contribution in [0.4, 0.5) is 0 Å².